The molecule has 0 bridgehead atoms. The number of hydrogen-bond donors (Lipinski definition) is 0. The van der Waals surface area contributed by atoms with Gasteiger partial charge in [-0.05, 0) is 20.3 Å². The Hall–Kier alpha value is -0.660. The second kappa shape index (κ2) is 5.15. The minimum Gasteiger partial charge on any atom is -0.295 e. The number of aliphatic imine (C=N–C) groups is 2. The van der Waals surface area contributed by atoms with Crippen molar-refractivity contribution in [3.63, 3.8) is 0 Å². The molecule has 0 aliphatic heterocycles. The molecule has 76 valence electrons. The topological polar surface area (TPSA) is 24.7 Å². The maximum Gasteiger partial charge on any atom is 0.0585 e. The molecular formula is C11H22N2. The van der Waals surface area contributed by atoms with E-state index in [0.29, 0.717) is 6.04 Å². The van der Waals surface area contributed by atoms with Gasteiger partial charge >= 0.3 is 0 Å². The maximum atomic E-state index is 4.58. The standard InChI is InChI=1S/C11H22N2/c1-7-11(4,5)10(8-12-6)13-9(2)3/h8-9H,7H2,1-6H3/b12-8-,13-10+. The van der Waals surface area contributed by atoms with Crippen LogP contribution in [0.3, 0.4) is 0 Å². The molecule has 0 saturated heterocycles. The third kappa shape index (κ3) is 4.20. The van der Waals surface area contributed by atoms with Gasteiger partial charge in [0.05, 0.1) is 5.71 Å². The van der Waals surface area contributed by atoms with Crippen LogP contribution in [-0.4, -0.2) is 25.0 Å². The Kier molecular flexibility index (Phi) is 4.89. The highest BCUT2D eigenvalue weighted by molar-refractivity contribution is 6.32. The second-order valence-corrected chi connectivity index (χ2v) is 4.23. The van der Waals surface area contributed by atoms with E-state index >= 15 is 0 Å². The fraction of sp³-hybridized carbons (Fsp3) is 0.818. The van der Waals surface area contributed by atoms with E-state index in [-0.39, 0.29) is 5.41 Å². The predicted molar refractivity (Wildman–Crippen MR) is 61.1 cm³/mol. The molecule has 0 radical (unpaired) electrons. The highest BCUT2D eigenvalue weighted by atomic mass is 14.8. The molecule has 13 heavy (non-hydrogen) atoms. The van der Waals surface area contributed by atoms with Gasteiger partial charge in [0.25, 0.3) is 0 Å². The zero-order valence-corrected chi connectivity index (χ0v) is 9.76. The van der Waals surface area contributed by atoms with E-state index in [4.69, 9.17) is 0 Å². The van der Waals surface area contributed by atoms with Gasteiger partial charge in [0, 0.05) is 24.7 Å². The van der Waals surface area contributed by atoms with E-state index < -0.39 is 0 Å². The molecule has 0 amide bonds. The van der Waals surface area contributed by atoms with Crippen LogP contribution in [0.1, 0.15) is 41.0 Å². The average molecular weight is 182 g/mol. The maximum absolute atomic E-state index is 4.58. The third-order valence-electron chi connectivity index (χ3n) is 2.23. The lowest BCUT2D eigenvalue weighted by molar-refractivity contribution is 0.505. The van der Waals surface area contributed by atoms with Crippen LogP contribution in [-0.2, 0) is 0 Å². The smallest absolute Gasteiger partial charge is 0.0585 e. The minimum atomic E-state index is 0.143. The van der Waals surface area contributed by atoms with E-state index in [1.165, 1.54) is 0 Å². The van der Waals surface area contributed by atoms with Crippen LogP contribution in [0.5, 0.6) is 0 Å². The lowest BCUT2D eigenvalue weighted by atomic mass is 9.85. The van der Waals surface area contributed by atoms with E-state index in [9.17, 15) is 0 Å². The molecule has 0 unspecified atom stereocenters. The highest BCUT2D eigenvalue weighted by Crippen LogP contribution is 2.21. The predicted octanol–water partition coefficient (Wildman–Crippen LogP) is 2.97. The van der Waals surface area contributed by atoms with Gasteiger partial charge in [-0.3, -0.25) is 9.98 Å². The van der Waals surface area contributed by atoms with Crippen LogP contribution >= 0.6 is 0 Å². The molecule has 0 N–H and O–H groups in total. The number of hydrogen-bond acceptors (Lipinski definition) is 2. The van der Waals surface area contributed by atoms with Crippen molar-refractivity contribution in [2.24, 2.45) is 15.4 Å². The summed E-state index contributed by atoms with van der Waals surface area (Å²) < 4.78 is 0. The normalized spacial score (nSPS) is 14.5. The van der Waals surface area contributed by atoms with Gasteiger partial charge in [0.2, 0.25) is 0 Å². The molecule has 0 aliphatic carbocycles. The summed E-state index contributed by atoms with van der Waals surface area (Å²) in [4.78, 5) is 8.62. The minimum absolute atomic E-state index is 0.143. The van der Waals surface area contributed by atoms with Crippen molar-refractivity contribution in [1.29, 1.82) is 0 Å². The molecule has 2 heteroatoms. The van der Waals surface area contributed by atoms with Gasteiger partial charge in [-0.1, -0.05) is 20.8 Å². The Morgan fingerprint density at radius 3 is 2.23 bits per heavy atom. The first-order valence-electron chi connectivity index (χ1n) is 4.94. The Bertz CT molecular complexity index is 200. The average Bonchev–Trinajstić information content (AvgIpc) is 2.03. The largest absolute Gasteiger partial charge is 0.295 e. The first-order valence-corrected chi connectivity index (χ1v) is 4.94. The van der Waals surface area contributed by atoms with E-state index in [2.05, 4.69) is 44.6 Å². The summed E-state index contributed by atoms with van der Waals surface area (Å²) in [6.07, 6.45) is 2.97. The zero-order valence-electron chi connectivity index (χ0n) is 9.76. The molecule has 0 fully saturated rings. The molecule has 0 aliphatic rings. The van der Waals surface area contributed by atoms with E-state index in [1.807, 2.05) is 6.21 Å². The SMILES string of the molecule is CCC(C)(C)C(/C=N\C)=N/C(C)C. The lowest BCUT2D eigenvalue weighted by Gasteiger charge is -2.23. The van der Waals surface area contributed by atoms with Crippen molar-refractivity contribution in [2.75, 3.05) is 7.05 Å². The van der Waals surface area contributed by atoms with Crippen molar-refractivity contribution in [3.05, 3.63) is 0 Å². The van der Waals surface area contributed by atoms with Crippen molar-refractivity contribution in [2.45, 2.75) is 47.1 Å². The molecule has 2 nitrogen and oxygen atoms in total. The van der Waals surface area contributed by atoms with E-state index in [1.54, 1.807) is 7.05 Å². The van der Waals surface area contributed by atoms with E-state index in [0.717, 1.165) is 12.1 Å². The molecule has 0 aromatic carbocycles. The summed E-state index contributed by atoms with van der Waals surface area (Å²) >= 11 is 0. The van der Waals surface area contributed by atoms with Gasteiger partial charge in [-0.2, -0.15) is 0 Å². The summed E-state index contributed by atoms with van der Waals surface area (Å²) in [7, 11) is 1.79. The fourth-order valence-electron chi connectivity index (χ4n) is 0.964. The van der Waals surface area contributed by atoms with Gasteiger partial charge in [0.1, 0.15) is 0 Å². The quantitative estimate of drug-likeness (QED) is 0.597. The number of rotatable bonds is 4. The molecule has 0 aromatic rings. The summed E-state index contributed by atoms with van der Waals surface area (Å²) in [5, 5.41) is 0. The van der Waals surface area contributed by atoms with Crippen LogP contribution in [0.4, 0.5) is 0 Å². The molecular weight excluding hydrogens is 160 g/mol. The third-order valence-corrected chi connectivity index (χ3v) is 2.23. The molecule has 0 saturated carbocycles. The Labute approximate surface area is 82.2 Å². The number of nitrogens with zero attached hydrogens (tertiary/aromatic N) is 2. The highest BCUT2D eigenvalue weighted by Gasteiger charge is 2.21. The van der Waals surface area contributed by atoms with Crippen LogP contribution in [0.2, 0.25) is 0 Å². The fourth-order valence-corrected chi connectivity index (χ4v) is 0.964. The first-order chi connectivity index (χ1) is 5.94. The van der Waals surface area contributed by atoms with Gasteiger partial charge < -0.3 is 0 Å². The second-order valence-electron chi connectivity index (χ2n) is 4.23. The Balaban J connectivity index is 4.81. The molecule has 0 rings (SSSR count). The van der Waals surface area contributed by atoms with Gasteiger partial charge in [0.15, 0.2) is 0 Å². The van der Waals surface area contributed by atoms with Crippen molar-refractivity contribution >= 4 is 11.9 Å². The van der Waals surface area contributed by atoms with Crippen LogP contribution in [0.15, 0.2) is 9.98 Å². The van der Waals surface area contributed by atoms with Crippen LogP contribution in [0, 0.1) is 5.41 Å². The van der Waals surface area contributed by atoms with Crippen molar-refractivity contribution < 1.29 is 0 Å². The summed E-state index contributed by atoms with van der Waals surface area (Å²) in [5.41, 5.74) is 1.25. The first kappa shape index (κ1) is 12.3. The summed E-state index contributed by atoms with van der Waals surface area (Å²) in [6, 6.07) is 0.346. The monoisotopic (exact) mass is 182 g/mol. The van der Waals surface area contributed by atoms with Crippen molar-refractivity contribution in [3.8, 4) is 0 Å². The summed E-state index contributed by atoms with van der Waals surface area (Å²) in [6.45, 7) is 10.8. The van der Waals surface area contributed by atoms with Crippen LogP contribution < -0.4 is 0 Å². The van der Waals surface area contributed by atoms with Gasteiger partial charge in [-0.15, -0.1) is 0 Å². The Morgan fingerprint density at radius 2 is 1.92 bits per heavy atom. The zero-order chi connectivity index (χ0) is 10.5. The summed E-state index contributed by atoms with van der Waals surface area (Å²) in [5.74, 6) is 0. The van der Waals surface area contributed by atoms with Gasteiger partial charge in [-0.25, -0.2) is 0 Å². The molecule has 0 heterocycles. The Morgan fingerprint density at radius 1 is 1.38 bits per heavy atom. The molecule has 0 atom stereocenters. The van der Waals surface area contributed by atoms with Crippen molar-refractivity contribution in [1.82, 2.24) is 0 Å². The molecule has 0 spiro atoms. The van der Waals surface area contributed by atoms with Crippen LogP contribution in [0.25, 0.3) is 0 Å². The lowest BCUT2D eigenvalue weighted by Crippen LogP contribution is -2.25. The molecule has 0 aromatic heterocycles.